The molecule has 1 amide bonds. The topological polar surface area (TPSA) is 81.7 Å². The van der Waals surface area contributed by atoms with Gasteiger partial charge < -0.3 is 24.6 Å². The van der Waals surface area contributed by atoms with Crippen molar-refractivity contribution in [3.8, 4) is 33.8 Å². The summed E-state index contributed by atoms with van der Waals surface area (Å²) in [5.74, 6) is 0.736. The first-order chi connectivity index (χ1) is 17.4. The van der Waals surface area contributed by atoms with Gasteiger partial charge in [-0.1, -0.05) is 25.1 Å². The van der Waals surface area contributed by atoms with Gasteiger partial charge >= 0.3 is 0 Å². The van der Waals surface area contributed by atoms with Gasteiger partial charge in [-0.25, -0.2) is 4.98 Å². The van der Waals surface area contributed by atoms with Crippen molar-refractivity contribution in [3.63, 3.8) is 0 Å². The van der Waals surface area contributed by atoms with E-state index < -0.39 is 0 Å². The van der Waals surface area contributed by atoms with Gasteiger partial charge in [-0.05, 0) is 62.3 Å². The van der Waals surface area contributed by atoms with Crippen molar-refractivity contribution < 1.29 is 14.6 Å². The van der Waals surface area contributed by atoms with E-state index in [0.29, 0.717) is 31.1 Å². The average Bonchev–Trinajstić information content (AvgIpc) is 3.56. The van der Waals surface area contributed by atoms with Crippen molar-refractivity contribution in [1.82, 2.24) is 19.8 Å². The smallest absolute Gasteiger partial charge is 0.257 e. The maximum atomic E-state index is 13.5. The second kappa shape index (κ2) is 9.66. The molecule has 0 radical (unpaired) electrons. The summed E-state index contributed by atoms with van der Waals surface area (Å²) in [6.07, 6.45) is 5.30. The number of carbonyl (C=O) groups is 1. The predicted octanol–water partition coefficient (Wildman–Crippen LogP) is 4.95. The van der Waals surface area contributed by atoms with Crippen LogP contribution in [-0.2, 0) is 6.42 Å². The van der Waals surface area contributed by atoms with E-state index >= 15 is 0 Å². The normalized spacial score (nSPS) is 15.7. The summed E-state index contributed by atoms with van der Waals surface area (Å²) < 4.78 is 5.58. The number of pyridine rings is 1. The Morgan fingerprint density at radius 1 is 1.19 bits per heavy atom. The third-order valence-electron chi connectivity index (χ3n) is 7.24. The third-order valence-corrected chi connectivity index (χ3v) is 7.24. The Labute approximate surface area is 211 Å². The Kier molecular flexibility index (Phi) is 6.41. The maximum Gasteiger partial charge on any atom is 0.257 e. The van der Waals surface area contributed by atoms with Crippen LogP contribution in [-0.4, -0.2) is 71.1 Å². The molecule has 3 heterocycles. The number of phenolic OH excluding ortho intramolecular Hbond substituents is 1. The number of methoxy groups -OCH3 is 1. The van der Waals surface area contributed by atoms with Gasteiger partial charge in [0.15, 0.2) is 0 Å². The number of benzene rings is 2. The van der Waals surface area contributed by atoms with Crippen molar-refractivity contribution in [2.75, 3.05) is 34.3 Å². The molecular weight excluding hydrogens is 452 g/mol. The SMILES string of the molecule is CCc1cc(-c2cnc3[nH]cc(-c4ccccc4OC)c3c2)cc(C(=O)N2CCC(N(C)C)C2)c1O. The van der Waals surface area contributed by atoms with Gasteiger partial charge in [-0.15, -0.1) is 0 Å². The maximum absolute atomic E-state index is 13.5. The van der Waals surface area contributed by atoms with Crippen molar-refractivity contribution >= 4 is 16.9 Å². The molecule has 1 fully saturated rings. The molecular formula is C29H32N4O3. The van der Waals surface area contributed by atoms with Crippen molar-refractivity contribution in [2.45, 2.75) is 25.8 Å². The van der Waals surface area contributed by atoms with Crippen LogP contribution in [0.3, 0.4) is 0 Å². The highest BCUT2D eigenvalue weighted by Gasteiger charge is 2.30. The number of hydrogen-bond donors (Lipinski definition) is 2. The molecule has 1 aliphatic rings. The molecule has 2 N–H and O–H groups in total. The zero-order valence-corrected chi connectivity index (χ0v) is 21.2. The first kappa shape index (κ1) is 23.9. The van der Waals surface area contributed by atoms with Gasteiger partial charge in [0.25, 0.3) is 5.91 Å². The number of aromatic amines is 1. The van der Waals surface area contributed by atoms with Gasteiger partial charge in [0.05, 0.1) is 12.7 Å². The van der Waals surface area contributed by atoms with Gasteiger partial charge in [0, 0.05) is 53.6 Å². The van der Waals surface area contributed by atoms with Crippen LogP contribution in [0.4, 0.5) is 0 Å². The first-order valence-electron chi connectivity index (χ1n) is 12.3. The number of nitrogens with one attached hydrogen (secondary N) is 1. The van der Waals surface area contributed by atoms with E-state index in [1.807, 2.05) is 68.6 Å². The van der Waals surface area contributed by atoms with E-state index in [2.05, 4.69) is 20.9 Å². The van der Waals surface area contributed by atoms with E-state index in [0.717, 1.165) is 51.0 Å². The summed E-state index contributed by atoms with van der Waals surface area (Å²) in [4.78, 5) is 25.4. The molecule has 1 aliphatic heterocycles. The number of rotatable bonds is 6. The molecule has 1 unspecified atom stereocenters. The average molecular weight is 485 g/mol. The lowest BCUT2D eigenvalue weighted by molar-refractivity contribution is 0.0780. The number of nitrogens with zero attached hydrogens (tertiary/aromatic N) is 3. The number of hydrogen-bond acceptors (Lipinski definition) is 5. The predicted molar refractivity (Wildman–Crippen MR) is 143 cm³/mol. The molecule has 7 nitrogen and oxygen atoms in total. The standard InChI is InChI=1S/C29H32N4O3/c1-5-18-12-19(13-24(27(18)34)29(35)33-11-10-21(17-33)32(2)3)20-14-23-25(16-31-28(23)30-15-20)22-8-6-7-9-26(22)36-4/h6-9,12-16,21,34H,5,10-11,17H2,1-4H3,(H,30,31). The fraction of sp³-hybridized carbons (Fsp3) is 0.310. The van der Waals surface area contributed by atoms with Crippen LogP contribution in [0.5, 0.6) is 11.5 Å². The number of likely N-dealkylation sites (N-methyl/N-ethyl adjacent to an activating group) is 1. The van der Waals surface area contributed by atoms with Crippen molar-refractivity contribution in [1.29, 1.82) is 0 Å². The summed E-state index contributed by atoms with van der Waals surface area (Å²) in [6, 6.07) is 14.1. The molecule has 2 aromatic heterocycles. The van der Waals surface area contributed by atoms with E-state index in [4.69, 9.17) is 4.74 Å². The highest BCUT2D eigenvalue weighted by molar-refractivity contribution is 6.00. The Hall–Kier alpha value is -3.84. The van der Waals surface area contributed by atoms with E-state index in [9.17, 15) is 9.90 Å². The molecule has 36 heavy (non-hydrogen) atoms. The number of para-hydroxylation sites is 1. The summed E-state index contributed by atoms with van der Waals surface area (Å²) in [7, 11) is 5.74. The largest absolute Gasteiger partial charge is 0.507 e. The fourth-order valence-corrected chi connectivity index (χ4v) is 5.06. The Morgan fingerprint density at radius 2 is 2.00 bits per heavy atom. The highest BCUT2D eigenvalue weighted by atomic mass is 16.5. The van der Waals surface area contributed by atoms with Gasteiger partial charge in [0.1, 0.15) is 17.1 Å². The highest BCUT2D eigenvalue weighted by Crippen LogP contribution is 2.37. The number of carbonyl (C=O) groups excluding carboxylic acids is 1. The number of phenols is 1. The quantitative estimate of drug-likeness (QED) is 0.405. The first-order valence-corrected chi connectivity index (χ1v) is 12.3. The minimum absolute atomic E-state index is 0.0740. The van der Waals surface area contributed by atoms with E-state index in [1.165, 1.54) is 0 Å². The number of likely N-dealkylation sites (tertiary alicyclic amines) is 1. The van der Waals surface area contributed by atoms with Crippen LogP contribution < -0.4 is 4.74 Å². The number of aromatic hydroxyl groups is 1. The molecule has 0 spiro atoms. The minimum atomic E-state index is -0.126. The Bertz CT molecular complexity index is 1430. The summed E-state index contributed by atoms with van der Waals surface area (Å²) in [6.45, 7) is 3.33. The monoisotopic (exact) mass is 484 g/mol. The molecule has 5 rings (SSSR count). The van der Waals surface area contributed by atoms with Gasteiger partial charge in [-0.3, -0.25) is 4.79 Å². The molecule has 1 saturated heterocycles. The van der Waals surface area contributed by atoms with E-state index in [-0.39, 0.29) is 11.7 Å². The van der Waals surface area contributed by atoms with Crippen LogP contribution in [0.2, 0.25) is 0 Å². The molecule has 0 bridgehead atoms. The lowest BCUT2D eigenvalue weighted by atomic mass is 9.96. The number of amides is 1. The third kappa shape index (κ3) is 4.20. The van der Waals surface area contributed by atoms with Crippen LogP contribution in [0, 0.1) is 0 Å². The lowest BCUT2D eigenvalue weighted by Crippen LogP contribution is -2.34. The van der Waals surface area contributed by atoms with Crippen LogP contribution in [0.25, 0.3) is 33.3 Å². The van der Waals surface area contributed by atoms with Crippen molar-refractivity contribution in [3.05, 3.63) is 66.0 Å². The summed E-state index contributed by atoms with van der Waals surface area (Å²) in [5.41, 5.74) is 5.59. The molecule has 0 aliphatic carbocycles. The molecule has 0 saturated carbocycles. The summed E-state index contributed by atoms with van der Waals surface area (Å²) in [5, 5.41) is 11.9. The van der Waals surface area contributed by atoms with E-state index in [1.54, 1.807) is 13.2 Å². The van der Waals surface area contributed by atoms with Gasteiger partial charge in [-0.2, -0.15) is 0 Å². The van der Waals surface area contributed by atoms with Crippen LogP contribution >= 0.6 is 0 Å². The molecule has 2 aromatic carbocycles. The number of aromatic nitrogens is 2. The Morgan fingerprint density at radius 3 is 2.72 bits per heavy atom. The van der Waals surface area contributed by atoms with Crippen LogP contribution in [0.1, 0.15) is 29.3 Å². The zero-order chi connectivity index (χ0) is 25.4. The second-order valence-electron chi connectivity index (χ2n) is 9.57. The Balaban J connectivity index is 1.57. The second-order valence-corrected chi connectivity index (χ2v) is 9.57. The molecule has 186 valence electrons. The summed E-state index contributed by atoms with van der Waals surface area (Å²) >= 11 is 0. The minimum Gasteiger partial charge on any atom is -0.507 e. The molecule has 7 heteroatoms. The van der Waals surface area contributed by atoms with Crippen molar-refractivity contribution in [2.24, 2.45) is 0 Å². The number of aryl methyl sites for hydroxylation is 1. The van der Waals surface area contributed by atoms with Crippen LogP contribution in [0.15, 0.2) is 54.9 Å². The zero-order valence-electron chi connectivity index (χ0n) is 21.2. The lowest BCUT2D eigenvalue weighted by Gasteiger charge is -2.21. The van der Waals surface area contributed by atoms with Gasteiger partial charge in [0.2, 0.25) is 0 Å². The number of fused-ring (bicyclic) bond motifs is 1. The molecule has 1 atom stereocenters. The number of ether oxygens (including phenoxy) is 1. The molecule has 4 aromatic rings. The number of H-pyrrole nitrogens is 1. The fourth-order valence-electron chi connectivity index (χ4n) is 5.06.